The van der Waals surface area contributed by atoms with E-state index < -0.39 is 24.3 Å². The highest BCUT2D eigenvalue weighted by Crippen LogP contribution is 2.49. The molecule has 2 saturated heterocycles. The van der Waals surface area contributed by atoms with Crippen LogP contribution in [0.2, 0.25) is 0 Å². The van der Waals surface area contributed by atoms with Crippen LogP contribution < -0.4 is 15.4 Å². The first-order valence-corrected chi connectivity index (χ1v) is 22.2. The van der Waals surface area contributed by atoms with Crippen molar-refractivity contribution in [3.63, 3.8) is 0 Å². The van der Waals surface area contributed by atoms with E-state index in [0.717, 1.165) is 99.9 Å². The smallest absolute Gasteiger partial charge is 0.407 e. The van der Waals surface area contributed by atoms with Gasteiger partial charge in [0.15, 0.2) is 0 Å². The zero-order valence-electron chi connectivity index (χ0n) is 36.4. The lowest BCUT2D eigenvalue weighted by atomic mass is 9.92. The van der Waals surface area contributed by atoms with Crippen LogP contribution in [-0.2, 0) is 25.7 Å². The standard InChI is InChI=1S/C49H52N8O7/c1-26(2)41(54-48(60)62-3)47(59)57-37-13-8-12-30(37)22-39(57)45-51-35-18-16-28-21-34-32-17-15-29(20-31(32)25-64-40(34)23-33(28)43(35)53-45)36-24-50-44(52-36)38-14-9-19-56(38)46(58)42(55-49(61)63-4)27-10-6-5-7-11-27/h5-7,10-11,15-18,20-21,23-24,26,30,37-39,41-42H,8-9,12-14,19,22,25H2,1-4H3,(H,50,52)(H,51,53)(H,54,60)(H,55,61). The minimum absolute atomic E-state index is 0.0987. The molecule has 0 bridgehead atoms. The van der Waals surface area contributed by atoms with Crippen molar-refractivity contribution in [1.82, 2.24) is 40.4 Å². The number of fused-ring (bicyclic) bond motifs is 7. The number of nitrogens with one attached hydrogen (secondary N) is 4. The Balaban J connectivity index is 0.906. The Morgan fingerprint density at radius 1 is 0.828 bits per heavy atom. The summed E-state index contributed by atoms with van der Waals surface area (Å²) in [7, 11) is 2.59. The molecule has 2 aromatic heterocycles. The third kappa shape index (κ3) is 7.25. The van der Waals surface area contributed by atoms with Gasteiger partial charge in [-0.25, -0.2) is 19.6 Å². The SMILES string of the molecule is COC(=O)NC(C(=O)N1CCCC1c1ncc(-c2ccc3c(c2)COc2cc4c(ccc5[nH]c(C6CC7CCCC7N6C(=O)C(NC(=O)OC)C(C)C)nc54)cc2-3)[nH]1)c1ccccc1. The van der Waals surface area contributed by atoms with Crippen molar-refractivity contribution in [3.05, 3.63) is 102 Å². The minimum Gasteiger partial charge on any atom is -0.488 e. The molecule has 15 heteroatoms. The lowest BCUT2D eigenvalue weighted by Gasteiger charge is -2.33. The molecule has 4 aliphatic rings. The monoisotopic (exact) mass is 864 g/mol. The van der Waals surface area contributed by atoms with Crippen molar-refractivity contribution in [1.29, 1.82) is 0 Å². The number of rotatable bonds is 9. The van der Waals surface area contributed by atoms with Gasteiger partial charge < -0.3 is 44.6 Å². The second-order valence-corrected chi connectivity index (χ2v) is 17.8. The van der Waals surface area contributed by atoms with Crippen LogP contribution in [-0.4, -0.2) is 86.6 Å². The molecule has 64 heavy (non-hydrogen) atoms. The molecule has 3 aliphatic heterocycles. The Morgan fingerprint density at radius 2 is 1.64 bits per heavy atom. The van der Waals surface area contributed by atoms with Gasteiger partial charge in [0, 0.05) is 23.5 Å². The first-order chi connectivity index (χ1) is 31.1. The lowest BCUT2D eigenvalue weighted by molar-refractivity contribution is -0.138. The number of H-pyrrole nitrogens is 2. The van der Waals surface area contributed by atoms with Gasteiger partial charge in [-0.05, 0) is 95.8 Å². The van der Waals surface area contributed by atoms with Crippen LogP contribution in [0.4, 0.5) is 9.59 Å². The number of likely N-dealkylation sites (tertiary alicyclic amines) is 2. The maximum Gasteiger partial charge on any atom is 0.407 e. The van der Waals surface area contributed by atoms with Gasteiger partial charge in [-0.3, -0.25) is 9.59 Å². The molecule has 6 atom stereocenters. The van der Waals surface area contributed by atoms with Crippen molar-refractivity contribution in [2.24, 2.45) is 11.8 Å². The summed E-state index contributed by atoms with van der Waals surface area (Å²) in [5.41, 5.74) is 7.28. The fourth-order valence-corrected chi connectivity index (χ4v) is 10.6. The number of alkyl carbamates (subject to hydrolysis) is 2. The average Bonchev–Trinajstić information content (AvgIpc) is 4.17. The van der Waals surface area contributed by atoms with E-state index >= 15 is 0 Å². The molecule has 6 aromatic rings. The van der Waals surface area contributed by atoms with Crippen LogP contribution in [0.3, 0.4) is 0 Å². The fourth-order valence-electron chi connectivity index (χ4n) is 10.6. The first kappa shape index (κ1) is 41.1. The van der Waals surface area contributed by atoms with E-state index in [2.05, 4.69) is 63.1 Å². The zero-order chi connectivity index (χ0) is 44.2. The summed E-state index contributed by atoms with van der Waals surface area (Å²) in [5.74, 6) is 2.15. The number of carbonyl (C=O) groups excluding carboxylic acids is 4. The maximum absolute atomic E-state index is 14.3. The van der Waals surface area contributed by atoms with Gasteiger partial charge in [0.2, 0.25) is 5.91 Å². The molecular formula is C49H52N8O7. The van der Waals surface area contributed by atoms with Crippen LogP contribution in [0.15, 0.2) is 79.0 Å². The van der Waals surface area contributed by atoms with E-state index in [1.54, 1.807) is 4.90 Å². The molecule has 1 aliphatic carbocycles. The number of hydrogen-bond acceptors (Lipinski definition) is 9. The molecule has 0 radical (unpaired) electrons. The van der Waals surface area contributed by atoms with E-state index in [0.29, 0.717) is 30.5 Å². The number of benzene rings is 4. The summed E-state index contributed by atoms with van der Waals surface area (Å²) in [6.45, 7) is 4.79. The van der Waals surface area contributed by atoms with Gasteiger partial charge >= 0.3 is 12.2 Å². The van der Waals surface area contributed by atoms with Crippen LogP contribution in [0, 0.1) is 11.8 Å². The number of nitrogens with zero attached hydrogens (tertiary/aromatic N) is 4. The largest absolute Gasteiger partial charge is 0.488 e. The average molecular weight is 865 g/mol. The van der Waals surface area contributed by atoms with E-state index in [9.17, 15) is 19.2 Å². The van der Waals surface area contributed by atoms with Crippen LogP contribution in [0.5, 0.6) is 5.75 Å². The number of imidazole rings is 2. The molecule has 3 fully saturated rings. The van der Waals surface area contributed by atoms with Crippen molar-refractivity contribution >= 4 is 45.8 Å². The molecule has 10 rings (SSSR count). The first-order valence-electron chi connectivity index (χ1n) is 22.2. The second kappa shape index (κ2) is 16.7. The van der Waals surface area contributed by atoms with Gasteiger partial charge in [-0.2, -0.15) is 0 Å². The summed E-state index contributed by atoms with van der Waals surface area (Å²) in [6.07, 6.45) is 5.96. The molecule has 4 N–H and O–H groups in total. The third-order valence-corrected chi connectivity index (χ3v) is 13.8. The second-order valence-electron chi connectivity index (χ2n) is 17.8. The van der Waals surface area contributed by atoms with E-state index in [4.69, 9.17) is 24.2 Å². The molecule has 15 nitrogen and oxygen atoms in total. The van der Waals surface area contributed by atoms with Crippen LogP contribution in [0.25, 0.3) is 44.2 Å². The Bertz CT molecular complexity index is 2780. The third-order valence-electron chi connectivity index (χ3n) is 13.8. The minimum atomic E-state index is -0.895. The highest BCUT2D eigenvalue weighted by molar-refractivity contribution is 6.07. The maximum atomic E-state index is 14.3. The number of carbonyl (C=O) groups is 4. The Hall–Kier alpha value is -6.90. The molecule has 4 amide bonds. The number of methoxy groups -OCH3 is 2. The predicted molar refractivity (Wildman–Crippen MR) is 239 cm³/mol. The molecular weight excluding hydrogens is 813 g/mol. The zero-order valence-corrected chi connectivity index (χ0v) is 36.4. The summed E-state index contributed by atoms with van der Waals surface area (Å²) in [6, 6.07) is 21.9. The Kier molecular flexibility index (Phi) is 10.7. The molecule has 5 heterocycles. The van der Waals surface area contributed by atoms with Crippen LogP contribution >= 0.6 is 0 Å². The van der Waals surface area contributed by atoms with E-state index in [1.165, 1.54) is 14.2 Å². The summed E-state index contributed by atoms with van der Waals surface area (Å²) in [4.78, 5) is 73.8. The van der Waals surface area contributed by atoms with Crippen molar-refractivity contribution in [3.8, 4) is 28.1 Å². The van der Waals surface area contributed by atoms with Gasteiger partial charge in [0.25, 0.3) is 5.91 Å². The highest BCUT2D eigenvalue weighted by atomic mass is 16.5. The fraction of sp³-hybridized carbons (Fsp3) is 0.388. The van der Waals surface area contributed by atoms with Crippen molar-refractivity contribution < 1.29 is 33.4 Å². The molecule has 6 unspecified atom stereocenters. The van der Waals surface area contributed by atoms with E-state index in [-0.39, 0.29) is 35.9 Å². The molecule has 0 spiro atoms. The Labute approximate surface area is 370 Å². The predicted octanol–water partition coefficient (Wildman–Crippen LogP) is 8.25. The summed E-state index contributed by atoms with van der Waals surface area (Å²) < 4.78 is 16.2. The quantitative estimate of drug-likeness (QED) is 0.111. The number of ether oxygens (including phenoxy) is 3. The number of hydrogen-bond donors (Lipinski definition) is 4. The van der Waals surface area contributed by atoms with Crippen LogP contribution in [0.1, 0.15) is 93.3 Å². The van der Waals surface area contributed by atoms with Gasteiger partial charge in [0.1, 0.15) is 36.1 Å². The molecule has 4 aromatic carbocycles. The van der Waals surface area contributed by atoms with Crippen molar-refractivity contribution in [2.75, 3.05) is 20.8 Å². The number of aromatic amines is 2. The lowest BCUT2D eigenvalue weighted by Crippen LogP contribution is -2.53. The Morgan fingerprint density at radius 3 is 2.44 bits per heavy atom. The topological polar surface area (TPSA) is 184 Å². The summed E-state index contributed by atoms with van der Waals surface area (Å²) >= 11 is 0. The van der Waals surface area contributed by atoms with Crippen molar-refractivity contribution in [2.45, 2.75) is 89.2 Å². The molecule has 330 valence electrons. The number of amides is 4. The van der Waals surface area contributed by atoms with Gasteiger partial charge in [-0.1, -0.05) is 68.8 Å². The number of aromatic nitrogens is 4. The highest BCUT2D eigenvalue weighted by Gasteiger charge is 2.49. The summed E-state index contributed by atoms with van der Waals surface area (Å²) in [5, 5.41) is 7.51. The molecule has 1 saturated carbocycles. The van der Waals surface area contributed by atoms with Gasteiger partial charge in [0.05, 0.1) is 49.2 Å². The van der Waals surface area contributed by atoms with E-state index in [1.807, 2.05) is 55.3 Å². The van der Waals surface area contributed by atoms with Gasteiger partial charge in [-0.15, -0.1) is 0 Å². The normalized spacial score (nSPS) is 21.0.